The zero-order chi connectivity index (χ0) is 12.3. The van der Waals surface area contributed by atoms with Crippen molar-refractivity contribution in [2.45, 2.75) is 13.3 Å². The molecule has 0 saturated heterocycles. The molecule has 0 aliphatic rings. The Morgan fingerprint density at radius 2 is 2.24 bits per heavy atom. The Balaban J connectivity index is 2.21. The zero-order valence-electron chi connectivity index (χ0n) is 10.1. The number of thiazole rings is 1. The standard InChI is InChI=1S/C13H16N2OS/c1-9-3-4-10(7-11(9)14)12-8-17-13(15-12)5-6-16-2/h3-4,7-8H,5-6,14H2,1-2H3. The van der Waals surface area contributed by atoms with Gasteiger partial charge in [0.05, 0.1) is 17.3 Å². The van der Waals surface area contributed by atoms with Crippen molar-refractivity contribution in [3.8, 4) is 11.3 Å². The van der Waals surface area contributed by atoms with Crippen molar-refractivity contribution >= 4 is 17.0 Å². The minimum absolute atomic E-state index is 0.711. The molecule has 0 fully saturated rings. The third-order valence-corrected chi connectivity index (χ3v) is 3.56. The topological polar surface area (TPSA) is 48.1 Å². The number of hydrogen-bond donors (Lipinski definition) is 1. The molecule has 90 valence electrons. The Morgan fingerprint density at radius 3 is 2.94 bits per heavy atom. The summed E-state index contributed by atoms with van der Waals surface area (Å²) in [5.41, 5.74) is 9.89. The maximum atomic E-state index is 5.90. The summed E-state index contributed by atoms with van der Waals surface area (Å²) in [7, 11) is 1.70. The first-order valence-corrected chi connectivity index (χ1v) is 6.38. The van der Waals surface area contributed by atoms with E-state index in [-0.39, 0.29) is 0 Å². The van der Waals surface area contributed by atoms with E-state index in [9.17, 15) is 0 Å². The van der Waals surface area contributed by atoms with Gasteiger partial charge in [-0.1, -0.05) is 12.1 Å². The summed E-state index contributed by atoms with van der Waals surface area (Å²) < 4.78 is 5.04. The average Bonchev–Trinajstić information content (AvgIpc) is 2.79. The smallest absolute Gasteiger partial charge is 0.0955 e. The number of nitrogens with two attached hydrogens (primary N) is 1. The number of methoxy groups -OCH3 is 1. The van der Waals surface area contributed by atoms with E-state index in [0.29, 0.717) is 6.61 Å². The predicted molar refractivity (Wildman–Crippen MR) is 72.3 cm³/mol. The lowest BCUT2D eigenvalue weighted by Crippen LogP contribution is -1.94. The normalized spacial score (nSPS) is 10.7. The highest BCUT2D eigenvalue weighted by atomic mass is 32.1. The van der Waals surface area contributed by atoms with E-state index in [0.717, 1.165) is 33.9 Å². The van der Waals surface area contributed by atoms with Gasteiger partial charge in [0.2, 0.25) is 0 Å². The minimum atomic E-state index is 0.711. The molecule has 0 aliphatic carbocycles. The van der Waals surface area contributed by atoms with Crippen LogP contribution in [-0.2, 0) is 11.2 Å². The number of nitrogen functional groups attached to an aromatic ring is 1. The quantitative estimate of drug-likeness (QED) is 0.846. The number of aromatic nitrogens is 1. The lowest BCUT2D eigenvalue weighted by atomic mass is 10.1. The summed E-state index contributed by atoms with van der Waals surface area (Å²) in [5, 5.41) is 3.16. The molecule has 4 heteroatoms. The third-order valence-electron chi connectivity index (χ3n) is 2.65. The Bertz CT molecular complexity index is 508. The molecular weight excluding hydrogens is 232 g/mol. The van der Waals surface area contributed by atoms with Crippen molar-refractivity contribution in [3.63, 3.8) is 0 Å². The number of aryl methyl sites for hydroxylation is 1. The molecule has 3 nitrogen and oxygen atoms in total. The SMILES string of the molecule is COCCc1nc(-c2ccc(C)c(N)c2)cs1. The summed E-state index contributed by atoms with van der Waals surface area (Å²) >= 11 is 1.66. The molecule has 0 unspecified atom stereocenters. The summed E-state index contributed by atoms with van der Waals surface area (Å²) in [4.78, 5) is 4.57. The molecule has 2 N–H and O–H groups in total. The van der Waals surface area contributed by atoms with Gasteiger partial charge in [0, 0.05) is 30.2 Å². The number of anilines is 1. The van der Waals surface area contributed by atoms with Crippen LogP contribution in [0.15, 0.2) is 23.6 Å². The van der Waals surface area contributed by atoms with Crippen molar-refractivity contribution in [2.75, 3.05) is 19.5 Å². The van der Waals surface area contributed by atoms with Crippen LogP contribution in [0.2, 0.25) is 0 Å². The second-order valence-electron chi connectivity index (χ2n) is 3.94. The monoisotopic (exact) mass is 248 g/mol. The first-order valence-electron chi connectivity index (χ1n) is 5.50. The molecule has 0 atom stereocenters. The van der Waals surface area contributed by atoms with Gasteiger partial charge in [0.25, 0.3) is 0 Å². The fourth-order valence-corrected chi connectivity index (χ4v) is 2.34. The highest BCUT2D eigenvalue weighted by Gasteiger charge is 2.05. The van der Waals surface area contributed by atoms with Crippen LogP contribution in [0.4, 0.5) is 5.69 Å². The second-order valence-corrected chi connectivity index (χ2v) is 4.88. The highest BCUT2D eigenvalue weighted by Crippen LogP contribution is 2.25. The molecule has 0 bridgehead atoms. The van der Waals surface area contributed by atoms with Gasteiger partial charge in [-0.2, -0.15) is 0 Å². The first-order chi connectivity index (χ1) is 8.20. The summed E-state index contributed by atoms with van der Waals surface area (Å²) in [5.74, 6) is 0. The molecule has 1 aromatic heterocycles. The third kappa shape index (κ3) is 2.84. The lowest BCUT2D eigenvalue weighted by Gasteiger charge is -2.02. The lowest BCUT2D eigenvalue weighted by molar-refractivity contribution is 0.202. The number of rotatable bonds is 4. The van der Waals surface area contributed by atoms with Gasteiger partial charge in [-0.15, -0.1) is 11.3 Å². The minimum Gasteiger partial charge on any atom is -0.398 e. The molecule has 2 rings (SSSR count). The molecular formula is C13H16N2OS. The van der Waals surface area contributed by atoms with E-state index in [1.54, 1.807) is 18.4 Å². The zero-order valence-corrected chi connectivity index (χ0v) is 10.9. The molecule has 1 heterocycles. The molecule has 2 aromatic rings. The van der Waals surface area contributed by atoms with E-state index in [1.165, 1.54) is 0 Å². The molecule has 0 saturated carbocycles. The summed E-state index contributed by atoms with van der Waals surface area (Å²) in [6, 6.07) is 6.06. The van der Waals surface area contributed by atoms with Gasteiger partial charge in [-0.05, 0) is 18.6 Å². The fourth-order valence-electron chi connectivity index (χ4n) is 1.55. The predicted octanol–water partition coefficient (Wildman–Crippen LogP) is 2.89. The van der Waals surface area contributed by atoms with E-state index in [1.807, 2.05) is 19.1 Å². The van der Waals surface area contributed by atoms with Gasteiger partial charge in [-0.3, -0.25) is 0 Å². The molecule has 0 radical (unpaired) electrons. The fraction of sp³-hybridized carbons (Fsp3) is 0.308. The van der Waals surface area contributed by atoms with Crippen LogP contribution in [0.3, 0.4) is 0 Å². The van der Waals surface area contributed by atoms with Crippen molar-refractivity contribution in [1.82, 2.24) is 4.98 Å². The van der Waals surface area contributed by atoms with Gasteiger partial charge >= 0.3 is 0 Å². The van der Waals surface area contributed by atoms with Crippen LogP contribution in [0.25, 0.3) is 11.3 Å². The van der Waals surface area contributed by atoms with Crippen molar-refractivity contribution in [1.29, 1.82) is 0 Å². The highest BCUT2D eigenvalue weighted by molar-refractivity contribution is 7.09. The molecule has 0 aliphatic heterocycles. The number of nitrogens with zero attached hydrogens (tertiary/aromatic N) is 1. The van der Waals surface area contributed by atoms with Crippen LogP contribution >= 0.6 is 11.3 Å². The maximum absolute atomic E-state index is 5.90. The van der Waals surface area contributed by atoms with Crippen molar-refractivity contribution in [3.05, 3.63) is 34.2 Å². The van der Waals surface area contributed by atoms with Gasteiger partial charge in [0.15, 0.2) is 0 Å². The van der Waals surface area contributed by atoms with Crippen LogP contribution in [0.1, 0.15) is 10.6 Å². The van der Waals surface area contributed by atoms with Crippen LogP contribution < -0.4 is 5.73 Å². The van der Waals surface area contributed by atoms with Gasteiger partial charge in [0.1, 0.15) is 0 Å². The van der Waals surface area contributed by atoms with Crippen LogP contribution in [0.5, 0.6) is 0 Å². The number of benzene rings is 1. The van der Waals surface area contributed by atoms with Crippen molar-refractivity contribution < 1.29 is 4.74 Å². The largest absolute Gasteiger partial charge is 0.398 e. The molecule has 0 spiro atoms. The van der Waals surface area contributed by atoms with Gasteiger partial charge in [-0.25, -0.2) is 4.98 Å². The number of ether oxygens (including phenoxy) is 1. The van der Waals surface area contributed by atoms with Crippen molar-refractivity contribution in [2.24, 2.45) is 0 Å². The van der Waals surface area contributed by atoms with Crippen LogP contribution in [-0.4, -0.2) is 18.7 Å². The van der Waals surface area contributed by atoms with Gasteiger partial charge < -0.3 is 10.5 Å². The molecule has 17 heavy (non-hydrogen) atoms. The van der Waals surface area contributed by atoms with E-state index in [4.69, 9.17) is 10.5 Å². The number of hydrogen-bond acceptors (Lipinski definition) is 4. The molecule has 1 aromatic carbocycles. The van der Waals surface area contributed by atoms with E-state index >= 15 is 0 Å². The molecule has 0 amide bonds. The van der Waals surface area contributed by atoms with E-state index < -0.39 is 0 Å². The Kier molecular flexibility index (Phi) is 3.76. The first kappa shape index (κ1) is 12.1. The Morgan fingerprint density at radius 1 is 1.41 bits per heavy atom. The average molecular weight is 248 g/mol. The Labute approximate surface area is 105 Å². The summed E-state index contributed by atoms with van der Waals surface area (Å²) in [6.07, 6.45) is 0.864. The summed E-state index contributed by atoms with van der Waals surface area (Å²) in [6.45, 7) is 2.72. The maximum Gasteiger partial charge on any atom is 0.0955 e. The van der Waals surface area contributed by atoms with Crippen LogP contribution in [0, 0.1) is 6.92 Å². The second kappa shape index (κ2) is 5.29. The van der Waals surface area contributed by atoms with E-state index in [2.05, 4.69) is 16.4 Å². The Hall–Kier alpha value is -1.39.